The second kappa shape index (κ2) is 0.502. The van der Waals surface area contributed by atoms with Crippen molar-refractivity contribution in [1.29, 1.82) is 0 Å². The minimum Gasteiger partial charge on any atom is -0.299 e. The highest BCUT2D eigenvalue weighted by Gasteiger charge is 2.92. The fourth-order valence-corrected chi connectivity index (χ4v) is 3.54. The number of hydrogen-bond acceptors (Lipinski definition) is 1. The molecule has 8 heavy (non-hydrogen) atoms. The molecule has 2 bridgehead atoms. The van der Waals surface area contributed by atoms with Crippen LogP contribution in [0, 0.1) is 35.5 Å². The summed E-state index contributed by atoms with van der Waals surface area (Å²) in [6.07, 6.45) is 0. The first-order valence-corrected chi connectivity index (χ1v) is 3.45. The first kappa shape index (κ1) is 3.00. The molecule has 0 atom stereocenters. The number of hydrogen-bond donors (Lipinski definition) is 0. The molecule has 40 valence electrons. The molecule has 0 heterocycles. The van der Waals surface area contributed by atoms with E-state index in [4.69, 9.17) is 0 Å². The predicted octanol–water partition coefficient (Wildman–Crippen LogP) is 0.307. The molecule has 0 saturated heterocycles. The fraction of sp³-hybridized carbons (Fsp3) is 0.857. The van der Waals surface area contributed by atoms with Gasteiger partial charge in [0, 0.05) is 11.8 Å². The molecule has 5 saturated carbocycles. The van der Waals surface area contributed by atoms with Crippen LogP contribution in [-0.4, -0.2) is 5.78 Å². The third-order valence-corrected chi connectivity index (χ3v) is 3.81. The summed E-state index contributed by atoms with van der Waals surface area (Å²) in [5.74, 6) is 5.66. The zero-order chi connectivity index (χ0) is 5.04. The van der Waals surface area contributed by atoms with Crippen LogP contribution >= 0.6 is 0 Å². The molecule has 0 amide bonds. The van der Waals surface area contributed by atoms with Gasteiger partial charge < -0.3 is 0 Å². The maximum absolute atomic E-state index is 11.0. The first-order chi connectivity index (χ1) is 3.91. The Kier molecular flexibility index (Phi) is 0.188. The lowest BCUT2D eigenvalue weighted by atomic mass is 10.0. The van der Waals surface area contributed by atoms with Crippen molar-refractivity contribution in [3.05, 3.63) is 0 Å². The summed E-state index contributed by atoms with van der Waals surface area (Å²) in [5, 5.41) is 0. The topological polar surface area (TPSA) is 17.1 Å². The summed E-state index contributed by atoms with van der Waals surface area (Å²) < 4.78 is 0. The molecule has 0 aromatic rings. The minimum atomic E-state index is 0.620. The highest BCUT2D eigenvalue weighted by atomic mass is 16.1. The number of ketones is 1. The van der Waals surface area contributed by atoms with Gasteiger partial charge in [-0.1, -0.05) is 0 Å². The van der Waals surface area contributed by atoms with Crippen molar-refractivity contribution in [3.63, 3.8) is 0 Å². The van der Waals surface area contributed by atoms with Gasteiger partial charge in [-0.3, -0.25) is 4.79 Å². The molecule has 0 N–H and O–H groups in total. The summed E-state index contributed by atoms with van der Waals surface area (Å²) in [5.41, 5.74) is 0. The third kappa shape index (κ3) is 0.0972. The Balaban J connectivity index is 2.17. The number of carbonyl (C=O) groups excluding carboxylic acids is 1. The normalized spacial score (nSPS) is 85.8. The summed E-state index contributed by atoms with van der Waals surface area (Å²) in [4.78, 5) is 11.0. The molecule has 1 heteroatoms. The van der Waals surface area contributed by atoms with E-state index in [2.05, 4.69) is 0 Å². The van der Waals surface area contributed by atoms with Gasteiger partial charge in [-0.15, -0.1) is 0 Å². The average Bonchev–Trinajstić information content (AvgIpc) is 2.34. The van der Waals surface area contributed by atoms with Gasteiger partial charge in [0.1, 0.15) is 5.78 Å². The van der Waals surface area contributed by atoms with Crippen LogP contribution in [0.4, 0.5) is 0 Å². The molecule has 0 aliphatic heterocycles. The van der Waals surface area contributed by atoms with Crippen molar-refractivity contribution in [1.82, 2.24) is 0 Å². The number of carbonyl (C=O) groups is 1. The van der Waals surface area contributed by atoms with Crippen molar-refractivity contribution < 1.29 is 4.79 Å². The van der Waals surface area contributed by atoms with E-state index < -0.39 is 0 Å². The largest absolute Gasteiger partial charge is 0.299 e. The molecule has 0 radical (unpaired) electrons. The second-order valence-electron chi connectivity index (χ2n) is 3.76. The van der Waals surface area contributed by atoms with Crippen LogP contribution in [0.3, 0.4) is 0 Å². The fourth-order valence-electron chi connectivity index (χ4n) is 3.54. The lowest BCUT2D eigenvalue weighted by Gasteiger charge is -2.02. The summed E-state index contributed by atoms with van der Waals surface area (Å²) in [6, 6.07) is 0. The molecule has 0 unspecified atom stereocenters. The zero-order valence-electron chi connectivity index (χ0n) is 4.37. The third-order valence-electron chi connectivity index (χ3n) is 3.81. The summed E-state index contributed by atoms with van der Waals surface area (Å²) >= 11 is 0. The molecule has 0 aromatic carbocycles. The highest BCUT2D eigenvalue weighted by Crippen LogP contribution is 2.90. The quantitative estimate of drug-likeness (QED) is 0.434. The van der Waals surface area contributed by atoms with Crippen LogP contribution in [0.5, 0.6) is 0 Å². The Morgan fingerprint density at radius 1 is 0.875 bits per heavy atom. The van der Waals surface area contributed by atoms with Gasteiger partial charge in [-0.05, 0) is 23.7 Å². The van der Waals surface area contributed by atoms with E-state index in [1.807, 2.05) is 0 Å². The van der Waals surface area contributed by atoms with E-state index in [0.29, 0.717) is 17.6 Å². The number of rotatable bonds is 0. The molecular formula is C7H6O. The van der Waals surface area contributed by atoms with E-state index in [-0.39, 0.29) is 0 Å². The van der Waals surface area contributed by atoms with Crippen molar-refractivity contribution in [3.8, 4) is 0 Å². The monoisotopic (exact) mass is 106 g/mol. The lowest BCUT2D eigenvalue weighted by Crippen LogP contribution is -2.00. The lowest BCUT2D eigenvalue weighted by molar-refractivity contribution is -0.119. The predicted molar refractivity (Wildman–Crippen MR) is 25.9 cm³/mol. The second-order valence-corrected chi connectivity index (χ2v) is 3.76. The van der Waals surface area contributed by atoms with Crippen LogP contribution in [0.15, 0.2) is 0 Å². The molecule has 5 aliphatic carbocycles. The van der Waals surface area contributed by atoms with Gasteiger partial charge in [0.25, 0.3) is 0 Å². The number of Topliss-reactive ketones (excluding diaryl/α,β-unsaturated/α-hetero) is 1. The van der Waals surface area contributed by atoms with Crippen LogP contribution < -0.4 is 0 Å². The molecular weight excluding hydrogens is 100 g/mol. The molecule has 0 aromatic heterocycles. The van der Waals surface area contributed by atoms with E-state index in [9.17, 15) is 4.79 Å². The maximum Gasteiger partial charge on any atom is 0.140 e. The minimum absolute atomic E-state index is 0.620. The molecule has 0 spiro atoms. The van der Waals surface area contributed by atoms with Crippen molar-refractivity contribution >= 4 is 5.78 Å². The van der Waals surface area contributed by atoms with Crippen molar-refractivity contribution in [2.45, 2.75) is 0 Å². The van der Waals surface area contributed by atoms with E-state index in [1.54, 1.807) is 0 Å². The average molecular weight is 106 g/mol. The van der Waals surface area contributed by atoms with Gasteiger partial charge in [0.15, 0.2) is 0 Å². The van der Waals surface area contributed by atoms with Gasteiger partial charge in [-0.2, -0.15) is 0 Å². The van der Waals surface area contributed by atoms with Crippen LogP contribution in [0.1, 0.15) is 0 Å². The Morgan fingerprint density at radius 2 is 1.25 bits per heavy atom. The Hall–Kier alpha value is -0.330. The van der Waals surface area contributed by atoms with E-state index >= 15 is 0 Å². The van der Waals surface area contributed by atoms with Gasteiger partial charge in [0.05, 0.1) is 0 Å². The smallest absolute Gasteiger partial charge is 0.140 e. The molecule has 1 nitrogen and oxygen atoms in total. The molecule has 5 aliphatic rings. The van der Waals surface area contributed by atoms with Gasteiger partial charge in [0.2, 0.25) is 0 Å². The first-order valence-electron chi connectivity index (χ1n) is 3.45. The Bertz CT molecular complexity index is 174. The van der Waals surface area contributed by atoms with E-state index in [1.165, 1.54) is 0 Å². The van der Waals surface area contributed by atoms with Crippen LogP contribution in [0.2, 0.25) is 0 Å². The SMILES string of the molecule is O=C1C2C3C2C2C1C32. The Morgan fingerprint density at radius 3 is 1.38 bits per heavy atom. The zero-order valence-corrected chi connectivity index (χ0v) is 4.37. The van der Waals surface area contributed by atoms with E-state index in [0.717, 1.165) is 23.7 Å². The highest BCUT2D eigenvalue weighted by molar-refractivity contribution is 5.98. The Labute approximate surface area is 47.1 Å². The summed E-state index contributed by atoms with van der Waals surface area (Å²) in [6.45, 7) is 0. The van der Waals surface area contributed by atoms with Gasteiger partial charge >= 0.3 is 0 Å². The maximum atomic E-state index is 11.0. The standard InChI is InChI=1S/C7H6O/c8-7-5-1-2(5)4-3(1)6(4)7/h1-6H. The molecule has 5 fully saturated rings. The van der Waals surface area contributed by atoms with Crippen molar-refractivity contribution in [2.24, 2.45) is 35.5 Å². The van der Waals surface area contributed by atoms with Crippen molar-refractivity contribution in [2.75, 3.05) is 0 Å². The summed E-state index contributed by atoms with van der Waals surface area (Å²) in [7, 11) is 0. The molecule has 5 rings (SSSR count). The van der Waals surface area contributed by atoms with Crippen LogP contribution in [-0.2, 0) is 4.79 Å². The van der Waals surface area contributed by atoms with Crippen LogP contribution in [0.25, 0.3) is 0 Å². The van der Waals surface area contributed by atoms with Gasteiger partial charge in [-0.25, -0.2) is 0 Å².